The number of hydrogen-bond donors (Lipinski definition) is 0. The fraction of sp³-hybridized carbons (Fsp3) is 0.542. The van der Waals surface area contributed by atoms with Gasteiger partial charge in [-0.25, -0.2) is 9.97 Å². The SMILES string of the molecule is CCCCCCCCCC(C)N1CN=c2ccc3nc(C)nc4ccc1c2c43. The third-order valence-electron chi connectivity index (χ3n) is 6.10. The molecule has 3 aromatic rings. The monoisotopic (exact) mass is 376 g/mol. The van der Waals surface area contributed by atoms with Crippen molar-refractivity contribution in [2.24, 2.45) is 4.99 Å². The number of aryl methyl sites for hydroxylation is 1. The third kappa shape index (κ3) is 3.69. The van der Waals surface area contributed by atoms with Crippen molar-refractivity contribution in [2.45, 2.75) is 78.2 Å². The van der Waals surface area contributed by atoms with Crippen molar-refractivity contribution >= 4 is 27.5 Å². The molecule has 1 aliphatic rings. The molecule has 0 N–H and O–H groups in total. The van der Waals surface area contributed by atoms with Crippen LogP contribution >= 0.6 is 0 Å². The van der Waals surface area contributed by atoms with Gasteiger partial charge in [-0.05, 0) is 44.5 Å². The van der Waals surface area contributed by atoms with E-state index in [1.165, 1.54) is 62.4 Å². The highest BCUT2D eigenvalue weighted by atomic mass is 15.2. The average molecular weight is 377 g/mol. The van der Waals surface area contributed by atoms with Gasteiger partial charge in [-0.2, -0.15) is 0 Å². The molecule has 0 saturated heterocycles. The van der Waals surface area contributed by atoms with Gasteiger partial charge in [0.2, 0.25) is 0 Å². The van der Waals surface area contributed by atoms with Gasteiger partial charge in [0.15, 0.2) is 0 Å². The number of unbranched alkanes of at least 4 members (excludes halogenated alkanes) is 6. The van der Waals surface area contributed by atoms with Gasteiger partial charge >= 0.3 is 0 Å². The lowest BCUT2D eigenvalue weighted by atomic mass is 10.0. The molecule has 148 valence electrons. The second-order valence-electron chi connectivity index (χ2n) is 8.26. The first-order valence-electron chi connectivity index (χ1n) is 11.0. The first-order chi connectivity index (χ1) is 13.7. The van der Waals surface area contributed by atoms with Gasteiger partial charge in [0.25, 0.3) is 0 Å². The minimum atomic E-state index is 0.496. The molecule has 0 spiro atoms. The fourth-order valence-corrected chi connectivity index (χ4v) is 4.51. The second-order valence-corrected chi connectivity index (χ2v) is 8.26. The summed E-state index contributed by atoms with van der Waals surface area (Å²) in [5.41, 5.74) is 3.35. The number of benzene rings is 2. The zero-order valence-corrected chi connectivity index (χ0v) is 17.5. The van der Waals surface area contributed by atoms with Crippen LogP contribution in [0.4, 0.5) is 5.69 Å². The zero-order chi connectivity index (χ0) is 19.5. The lowest BCUT2D eigenvalue weighted by Gasteiger charge is -2.33. The molecule has 28 heavy (non-hydrogen) atoms. The van der Waals surface area contributed by atoms with Gasteiger partial charge in [-0.3, -0.25) is 4.99 Å². The van der Waals surface area contributed by atoms with Crippen LogP contribution in [0, 0.1) is 6.92 Å². The predicted octanol–water partition coefficient (Wildman–Crippen LogP) is 5.74. The molecule has 1 aromatic heterocycles. The maximum Gasteiger partial charge on any atom is 0.126 e. The van der Waals surface area contributed by atoms with Crippen molar-refractivity contribution in [1.29, 1.82) is 0 Å². The van der Waals surface area contributed by atoms with Gasteiger partial charge in [0.1, 0.15) is 12.5 Å². The van der Waals surface area contributed by atoms with Crippen LogP contribution in [-0.4, -0.2) is 22.7 Å². The third-order valence-corrected chi connectivity index (χ3v) is 6.10. The fourth-order valence-electron chi connectivity index (χ4n) is 4.51. The molecule has 0 fully saturated rings. The van der Waals surface area contributed by atoms with E-state index < -0.39 is 0 Å². The number of anilines is 1. The Hall–Kier alpha value is -2.23. The molecule has 1 aliphatic heterocycles. The van der Waals surface area contributed by atoms with E-state index >= 15 is 0 Å². The molecule has 1 unspecified atom stereocenters. The van der Waals surface area contributed by atoms with Crippen LogP contribution in [0.15, 0.2) is 29.3 Å². The molecule has 0 bridgehead atoms. The standard InChI is InChI=1S/C24H32N4/c1-4-5-6-7-8-9-10-11-17(2)28-16-25-19-12-13-20-23-21(27-18(3)26-20)14-15-22(28)24(19)23/h12-15,17H,4-11,16H2,1-3H3. The molecule has 4 heteroatoms. The molecule has 0 saturated carbocycles. The zero-order valence-electron chi connectivity index (χ0n) is 17.5. The molecule has 4 rings (SSSR count). The summed E-state index contributed by atoms with van der Waals surface area (Å²) in [6.45, 7) is 7.33. The molecule has 1 atom stereocenters. The summed E-state index contributed by atoms with van der Waals surface area (Å²) < 4.78 is 0. The Morgan fingerprint density at radius 2 is 1.57 bits per heavy atom. The highest BCUT2D eigenvalue weighted by Crippen LogP contribution is 2.33. The minimum absolute atomic E-state index is 0.496. The Morgan fingerprint density at radius 3 is 2.32 bits per heavy atom. The van der Waals surface area contributed by atoms with Crippen LogP contribution < -0.4 is 10.3 Å². The Bertz CT molecular complexity index is 992. The molecular formula is C24H32N4. The van der Waals surface area contributed by atoms with Crippen LogP contribution in [0.1, 0.15) is 71.0 Å². The van der Waals surface area contributed by atoms with Gasteiger partial charge < -0.3 is 4.90 Å². The normalized spacial score (nSPS) is 14.6. The largest absolute Gasteiger partial charge is 0.349 e. The molecule has 0 amide bonds. The quantitative estimate of drug-likeness (QED) is 0.447. The number of hydrogen-bond acceptors (Lipinski definition) is 4. The van der Waals surface area contributed by atoms with Crippen molar-refractivity contribution in [3.05, 3.63) is 35.4 Å². The van der Waals surface area contributed by atoms with Crippen LogP contribution in [-0.2, 0) is 0 Å². The Kier molecular flexibility index (Phi) is 5.74. The molecule has 2 heterocycles. The van der Waals surface area contributed by atoms with Crippen LogP contribution in [0.2, 0.25) is 0 Å². The van der Waals surface area contributed by atoms with E-state index in [4.69, 9.17) is 4.99 Å². The summed E-state index contributed by atoms with van der Waals surface area (Å²) in [5, 5.41) is 3.48. The number of nitrogens with zero attached hydrogens (tertiary/aromatic N) is 4. The van der Waals surface area contributed by atoms with Gasteiger partial charge in [-0.15, -0.1) is 0 Å². The van der Waals surface area contributed by atoms with Crippen molar-refractivity contribution in [1.82, 2.24) is 9.97 Å². The van der Waals surface area contributed by atoms with E-state index in [0.717, 1.165) is 34.3 Å². The number of rotatable bonds is 9. The Balaban J connectivity index is 1.51. The first-order valence-corrected chi connectivity index (χ1v) is 11.0. The average Bonchev–Trinajstić information content (AvgIpc) is 2.70. The molecule has 2 aromatic carbocycles. The lowest BCUT2D eigenvalue weighted by Crippen LogP contribution is -2.37. The topological polar surface area (TPSA) is 41.4 Å². The smallest absolute Gasteiger partial charge is 0.126 e. The Labute approximate surface area is 168 Å². The van der Waals surface area contributed by atoms with Gasteiger partial charge in [-0.1, -0.05) is 51.9 Å². The van der Waals surface area contributed by atoms with Gasteiger partial charge in [0, 0.05) is 22.5 Å². The van der Waals surface area contributed by atoms with Crippen LogP contribution in [0.25, 0.3) is 21.8 Å². The van der Waals surface area contributed by atoms with Crippen LogP contribution in [0.5, 0.6) is 0 Å². The summed E-state index contributed by atoms with van der Waals surface area (Å²) in [5.74, 6) is 0.826. The maximum absolute atomic E-state index is 4.89. The molecule has 0 aliphatic carbocycles. The lowest BCUT2D eigenvalue weighted by molar-refractivity contribution is 0.523. The summed E-state index contributed by atoms with van der Waals surface area (Å²) in [6, 6.07) is 9.09. The van der Waals surface area contributed by atoms with E-state index in [1.54, 1.807) is 0 Å². The van der Waals surface area contributed by atoms with Crippen molar-refractivity contribution in [2.75, 3.05) is 11.6 Å². The predicted molar refractivity (Wildman–Crippen MR) is 118 cm³/mol. The second kappa shape index (κ2) is 8.42. The van der Waals surface area contributed by atoms with Gasteiger partial charge in [0.05, 0.1) is 16.4 Å². The minimum Gasteiger partial charge on any atom is -0.349 e. The van der Waals surface area contributed by atoms with E-state index in [1.807, 2.05) is 6.92 Å². The maximum atomic E-state index is 4.89. The molecular weight excluding hydrogens is 344 g/mol. The van der Waals surface area contributed by atoms with Crippen molar-refractivity contribution < 1.29 is 0 Å². The van der Waals surface area contributed by atoms with E-state index in [9.17, 15) is 0 Å². The van der Waals surface area contributed by atoms with E-state index in [0.29, 0.717) is 6.04 Å². The first kappa shape index (κ1) is 19.1. The van der Waals surface area contributed by atoms with Crippen molar-refractivity contribution in [3.8, 4) is 0 Å². The number of aromatic nitrogens is 2. The van der Waals surface area contributed by atoms with Crippen LogP contribution in [0.3, 0.4) is 0 Å². The van der Waals surface area contributed by atoms with E-state index in [2.05, 4.69) is 53.0 Å². The molecule has 0 radical (unpaired) electrons. The summed E-state index contributed by atoms with van der Waals surface area (Å²) in [6.07, 6.45) is 10.7. The Morgan fingerprint density at radius 1 is 0.893 bits per heavy atom. The van der Waals surface area contributed by atoms with Crippen molar-refractivity contribution in [3.63, 3.8) is 0 Å². The summed E-state index contributed by atoms with van der Waals surface area (Å²) in [4.78, 5) is 16.7. The summed E-state index contributed by atoms with van der Waals surface area (Å²) >= 11 is 0. The summed E-state index contributed by atoms with van der Waals surface area (Å²) in [7, 11) is 0. The highest BCUT2D eigenvalue weighted by molar-refractivity contribution is 6.12. The highest BCUT2D eigenvalue weighted by Gasteiger charge is 2.22. The van der Waals surface area contributed by atoms with E-state index in [-0.39, 0.29) is 0 Å². The molecule has 4 nitrogen and oxygen atoms in total.